The number of benzene rings is 1. The molecule has 0 radical (unpaired) electrons. The van der Waals surface area contributed by atoms with E-state index in [1.54, 1.807) is 0 Å². The minimum absolute atomic E-state index is 0.0493. The van der Waals surface area contributed by atoms with Gasteiger partial charge >= 0.3 is 0 Å². The van der Waals surface area contributed by atoms with Gasteiger partial charge < -0.3 is 10.2 Å². The maximum atomic E-state index is 12.0. The zero-order chi connectivity index (χ0) is 16.1. The van der Waals surface area contributed by atoms with Crippen molar-refractivity contribution in [2.24, 2.45) is 0 Å². The van der Waals surface area contributed by atoms with Crippen LogP contribution in [-0.4, -0.2) is 39.9 Å². The molecule has 0 aliphatic carbocycles. The van der Waals surface area contributed by atoms with E-state index in [9.17, 15) is 4.79 Å². The first-order chi connectivity index (χ1) is 11.2. The maximum Gasteiger partial charge on any atom is 0.234 e. The largest absolute Gasteiger partial charge is 0.372 e. The number of amides is 1. The normalized spacial score (nSPS) is 14.2. The van der Waals surface area contributed by atoms with Crippen LogP contribution in [-0.2, 0) is 11.2 Å². The van der Waals surface area contributed by atoms with E-state index in [1.807, 2.05) is 19.1 Å². The molecule has 2 N–H and O–H groups in total. The predicted octanol–water partition coefficient (Wildman–Crippen LogP) is 2.70. The van der Waals surface area contributed by atoms with Gasteiger partial charge in [0.2, 0.25) is 11.1 Å². The van der Waals surface area contributed by atoms with Gasteiger partial charge in [-0.3, -0.25) is 9.89 Å². The first-order valence-electron chi connectivity index (χ1n) is 7.93. The number of nitrogens with zero attached hydrogens (tertiary/aromatic N) is 3. The third-order valence-electron chi connectivity index (χ3n) is 3.80. The fourth-order valence-corrected chi connectivity index (χ4v) is 3.18. The molecule has 0 bridgehead atoms. The number of rotatable bonds is 6. The first kappa shape index (κ1) is 15.9. The van der Waals surface area contributed by atoms with E-state index < -0.39 is 0 Å². The number of hydrogen-bond acceptors (Lipinski definition) is 5. The van der Waals surface area contributed by atoms with E-state index >= 15 is 0 Å². The molecule has 1 saturated heterocycles. The molecule has 6 nitrogen and oxygen atoms in total. The Hall–Kier alpha value is -2.02. The highest BCUT2D eigenvalue weighted by Gasteiger charge is 2.12. The van der Waals surface area contributed by atoms with E-state index in [2.05, 4.69) is 37.5 Å². The van der Waals surface area contributed by atoms with Crippen molar-refractivity contribution in [3.63, 3.8) is 0 Å². The number of aromatic nitrogens is 3. The molecule has 0 unspecified atom stereocenters. The second-order valence-corrected chi connectivity index (χ2v) is 6.44. The lowest BCUT2D eigenvalue weighted by atomic mass is 10.2. The molecule has 1 aliphatic rings. The third-order valence-corrected chi connectivity index (χ3v) is 4.65. The van der Waals surface area contributed by atoms with Crippen molar-refractivity contribution in [1.82, 2.24) is 15.2 Å². The molecule has 3 rings (SSSR count). The van der Waals surface area contributed by atoms with Crippen LogP contribution >= 0.6 is 11.8 Å². The number of H-pyrrole nitrogens is 1. The third kappa shape index (κ3) is 4.25. The smallest absolute Gasteiger partial charge is 0.234 e. The number of aryl methyl sites for hydroxylation is 1. The van der Waals surface area contributed by atoms with Gasteiger partial charge in [-0.2, -0.15) is 0 Å². The molecule has 2 aromatic rings. The molecule has 2 heterocycles. The van der Waals surface area contributed by atoms with Crippen molar-refractivity contribution >= 4 is 29.0 Å². The molecule has 1 aromatic carbocycles. The highest BCUT2D eigenvalue weighted by atomic mass is 32.2. The van der Waals surface area contributed by atoms with Crippen LogP contribution in [0.5, 0.6) is 0 Å². The summed E-state index contributed by atoms with van der Waals surface area (Å²) in [6.07, 6.45) is 3.33. The van der Waals surface area contributed by atoms with Gasteiger partial charge in [-0.15, -0.1) is 5.10 Å². The molecule has 1 aliphatic heterocycles. The number of carbonyl (C=O) groups excluding carboxylic acids is 1. The average Bonchev–Trinajstić information content (AvgIpc) is 3.25. The number of anilines is 2. The van der Waals surface area contributed by atoms with Crippen molar-refractivity contribution in [2.45, 2.75) is 31.3 Å². The van der Waals surface area contributed by atoms with Gasteiger partial charge in [0.15, 0.2) is 0 Å². The quantitative estimate of drug-likeness (QED) is 0.796. The van der Waals surface area contributed by atoms with Crippen molar-refractivity contribution in [2.75, 3.05) is 29.1 Å². The summed E-state index contributed by atoms with van der Waals surface area (Å²) in [5.74, 6) is 1.09. The summed E-state index contributed by atoms with van der Waals surface area (Å²) < 4.78 is 0. The van der Waals surface area contributed by atoms with Crippen LogP contribution in [0.4, 0.5) is 11.4 Å². The summed E-state index contributed by atoms with van der Waals surface area (Å²) in [4.78, 5) is 18.6. The molecule has 0 atom stereocenters. The minimum atomic E-state index is -0.0493. The Morgan fingerprint density at radius 1 is 1.30 bits per heavy atom. The molecule has 0 spiro atoms. The van der Waals surface area contributed by atoms with Crippen LogP contribution in [0, 0.1) is 0 Å². The molecular formula is C16H21N5OS. The Labute approximate surface area is 140 Å². The average molecular weight is 331 g/mol. The van der Waals surface area contributed by atoms with Gasteiger partial charge in [-0.1, -0.05) is 18.7 Å². The summed E-state index contributed by atoms with van der Waals surface area (Å²) in [6, 6.07) is 8.05. The number of hydrogen-bond donors (Lipinski definition) is 2. The number of carbonyl (C=O) groups is 1. The van der Waals surface area contributed by atoms with Crippen molar-refractivity contribution in [3.05, 3.63) is 30.1 Å². The highest BCUT2D eigenvalue weighted by molar-refractivity contribution is 7.99. The van der Waals surface area contributed by atoms with Gasteiger partial charge in [0.05, 0.1) is 5.75 Å². The van der Waals surface area contributed by atoms with Crippen molar-refractivity contribution < 1.29 is 4.79 Å². The zero-order valence-electron chi connectivity index (χ0n) is 13.2. The van der Waals surface area contributed by atoms with Gasteiger partial charge in [0.25, 0.3) is 0 Å². The number of aromatic amines is 1. The molecule has 0 saturated carbocycles. The predicted molar refractivity (Wildman–Crippen MR) is 93.0 cm³/mol. The molecule has 1 amide bonds. The summed E-state index contributed by atoms with van der Waals surface area (Å²) in [5, 5.41) is 10.4. The van der Waals surface area contributed by atoms with Gasteiger partial charge in [0.1, 0.15) is 5.82 Å². The lowest BCUT2D eigenvalue weighted by Crippen LogP contribution is -2.18. The topological polar surface area (TPSA) is 73.9 Å². The minimum Gasteiger partial charge on any atom is -0.372 e. The molecule has 122 valence electrons. The Bertz CT molecular complexity index is 649. The van der Waals surface area contributed by atoms with Crippen LogP contribution in [0.25, 0.3) is 0 Å². The van der Waals surface area contributed by atoms with Crippen molar-refractivity contribution in [1.29, 1.82) is 0 Å². The second-order valence-electron chi connectivity index (χ2n) is 5.50. The fourth-order valence-electron chi connectivity index (χ4n) is 2.56. The van der Waals surface area contributed by atoms with Crippen LogP contribution in [0.2, 0.25) is 0 Å². The van der Waals surface area contributed by atoms with Gasteiger partial charge in [-0.25, -0.2) is 4.98 Å². The Morgan fingerprint density at radius 3 is 2.70 bits per heavy atom. The summed E-state index contributed by atoms with van der Waals surface area (Å²) in [5.41, 5.74) is 2.05. The molecule has 1 aromatic heterocycles. The summed E-state index contributed by atoms with van der Waals surface area (Å²) >= 11 is 1.33. The molecule has 7 heteroatoms. The molecule has 1 fully saturated rings. The van der Waals surface area contributed by atoms with Gasteiger partial charge in [-0.05, 0) is 37.1 Å². The van der Waals surface area contributed by atoms with Crippen molar-refractivity contribution in [3.8, 4) is 0 Å². The Morgan fingerprint density at radius 2 is 2.04 bits per heavy atom. The SMILES string of the molecule is CCc1nc(SCC(=O)Nc2ccc(N3CCCC3)cc2)n[nH]1. The van der Waals surface area contributed by atoms with Crippen LogP contribution in [0.3, 0.4) is 0 Å². The summed E-state index contributed by atoms with van der Waals surface area (Å²) in [6.45, 7) is 4.25. The van der Waals surface area contributed by atoms with E-state index in [-0.39, 0.29) is 5.91 Å². The zero-order valence-corrected chi connectivity index (χ0v) is 14.0. The van der Waals surface area contributed by atoms with Gasteiger partial charge in [0, 0.05) is 30.9 Å². The first-order valence-corrected chi connectivity index (χ1v) is 8.92. The van der Waals surface area contributed by atoms with Crippen LogP contribution in [0.1, 0.15) is 25.6 Å². The van der Waals surface area contributed by atoms with E-state index in [1.165, 1.54) is 30.3 Å². The van der Waals surface area contributed by atoms with E-state index in [4.69, 9.17) is 0 Å². The fraction of sp³-hybridized carbons (Fsp3) is 0.438. The highest BCUT2D eigenvalue weighted by Crippen LogP contribution is 2.22. The Balaban J connectivity index is 1.49. The Kier molecular flexibility index (Phi) is 5.17. The monoisotopic (exact) mass is 331 g/mol. The standard InChI is InChI=1S/C16H21N5OS/c1-2-14-18-16(20-19-14)23-11-15(22)17-12-5-7-13(8-6-12)21-9-3-4-10-21/h5-8H,2-4,9-11H2,1H3,(H,17,22)(H,18,19,20). The number of nitrogens with one attached hydrogen (secondary N) is 2. The van der Waals surface area contributed by atoms with E-state index in [0.29, 0.717) is 10.9 Å². The number of thioether (sulfide) groups is 1. The maximum absolute atomic E-state index is 12.0. The van der Waals surface area contributed by atoms with Crippen LogP contribution < -0.4 is 10.2 Å². The second kappa shape index (κ2) is 7.50. The summed E-state index contributed by atoms with van der Waals surface area (Å²) in [7, 11) is 0. The lowest BCUT2D eigenvalue weighted by molar-refractivity contribution is -0.113. The molecule has 23 heavy (non-hydrogen) atoms. The lowest BCUT2D eigenvalue weighted by Gasteiger charge is -2.17. The van der Waals surface area contributed by atoms with Crippen LogP contribution in [0.15, 0.2) is 29.4 Å². The molecular weight excluding hydrogens is 310 g/mol. The van der Waals surface area contributed by atoms with E-state index in [0.717, 1.165) is 31.0 Å².